The minimum absolute atomic E-state index is 0.134. The van der Waals surface area contributed by atoms with Crippen LogP contribution in [0, 0.1) is 6.92 Å². The molecule has 0 spiro atoms. The van der Waals surface area contributed by atoms with E-state index in [0.717, 1.165) is 24.3 Å². The number of carbonyl (C=O) groups is 2. The molecule has 1 aromatic rings. The number of imide groups is 1. The van der Waals surface area contributed by atoms with E-state index in [1.807, 2.05) is 13.8 Å². The van der Waals surface area contributed by atoms with Crippen LogP contribution in [0.3, 0.4) is 0 Å². The number of hydrogen-bond acceptors (Lipinski definition) is 6. The summed E-state index contributed by atoms with van der Waals surface area (Å²) >= 11 is 0. The lowest BCUT2D eigenvalue weighted by molar-refractivity contribution is -0.132. The molecule has 0 aromatic carbocycles. The smallest absolute Gasteiger partial charge is 0.249 e. The van der Waals surface area contributed by atoms with Crippen molar-refractivity contribution >= 4 is 23.5 Å². The highest BCUT2D eigenvalue weighted by molar-refractivity contribution is 6.04. The number of anilines is 2. The van der Waals surface area contributed by atoms with Crippen LogP contribution in [0.25, 0.3) is 0 Å². The molecule has 7 nitrogen and oxygen atoms in total. The maximum atomic E-state index is 12.0. The van der Waals surface area contributed by atoms with Crippen LogP contribution in [0.4, 0.5) is 11.6 Å². The Kier molecular flexibility index (Phi) is 4.72. The molecule has 1 unspecified atom stereocenters. The van der Waals surface area contributed by atoms with Gasteiger partial charge in [0.25, 0.3) is 0 Å². The predicted molar refractivity (Wildman–Crippen MR) is 80.1 cm³/mol. The van der Waals surface area contributed by atoms with Gasteiger partial charge in [-0.3, -0.25) is 14.9 Å². The van der Waals surface area contributed by atoms with Gasteiger partial charge in [-0.25, -0.2) is 9.97 Å². The van der Waals surface area contributed by atoms with Gasteiger partial charge in [-0.2, -0.15) is 0 Å². The molecule has 1 aromatic heterocycles. The number of rotatable bonds is 5. The van der Waals surface area contributed by atoms with E-state index >= 15 is 0 Å². The van der Waals surface area contributed by atoms with Gasteiger partial charge in [0.05, 0.1) is 6.54 Å². The Balaban J connectivity index is 2.34. The first kappa shape index (κ1) is 15.2. The van der Waals surface area contributed by atoms with Gasteiger partial charge in [-0.1, -0.05) is 13.8 Å². The maximum absolute atomic E-state index is 12.0. The van der Waals surface area contributed by atoms with Gasteiger partial charge >= 0.3 is 0 Å². The lowest BCUT2D eigenvalue weighted by atomic mass is 10.1. The van der Waals surface area contributed by atoms with Crippen molar-refractivity contribution in [2.75, 3.05) is 23.3 Å². The highest BCUT2D eigenvalue weighted by Gasteiger charge is 2.34. The number of nitrogens with one attached hydrogen (secondary N) is 2. The van der Waals surface area contributed by atoms with Gasteiger partial charge in [0.2, 0.25) is 11.8 Å². The SMILES string of the molecule is CCCNc1ncnc(N2CC(=O)NC(=O)C2CC)c1C. The Morgan fingerprint density at radius 3 is 2.81 bits per heavy atom. The van der Waals surface area contributed by atoms with Crippen molar-refractivity contribution in [3.63, 3.8) is 0 Å². The molecule has 7 heteroatoms. The zero-order valence-electron chi connectivity index (χ0n) is 12.6. The predicted octanol–water partition coefficient (Wildman–Crippen LogP) is 0.848. The molecule has 1 saturated heterocycles. The first-order chi connectivity index (χ1) is 10.1. The number of hydrogen-bond donors (Lipinski definition) is 2. The lowest BCUT2D eigenvalue weighted by Gasteiger charge is -2.35. The van der Waals surface area contributed by atoms with Gasteiger partial charge in [0.15, 0.2) is 0 Å². The summed E-state index contributed by atoms with van der Waals surface area (Å²) in [6.45, 7) is 6.84. The van der Waals surface area contributed by atoms with Gasteiger partial charge in [-0.15, -0.1) is 0 Å². The third kappa shape index (κ3) is 3.12. The average Bonchev–Trinajstić information content (AvgIpc) is 2.45. The van der Waals surface area contributed by atoms with E-state index in [1.54, 1.807) is 4.90 Å². The van der Waals surface area contributed by atoms with E-state index in [-0.39, 0.29) is 24.4 Å². The molecule has 1 atom stereocenters. The van der Waals surface area contributed by atoms with E-state index < -0.39 is 0 Å². The van der Waals surface area contributed by atoms with E-state index in [2.05, 4.69) is 27.5 Å². The Labute approximate surface area is 124 Å². The first-order valence-electron chi connectivity index (χ1n) is 7.24. The summed E-state index contributed by atoms with van der Waals surface area (Å²) in [6, 6.07) is -0.379. The molecule has 2 heterocycles. The minimum Gasteiger partial charge on any atom is -0.370 e. The van der Waals surface area contributed by atoms with Gasteiger partial charge in [0.1, 0.15) is 24.0 Å². The van der Waals surface area contributed by atoms with Crippen LogP contribution >= 0.6 is 0 Å². The molecular formula is C14H21N5O2. The Morgan fingerprint density at radius 1 is 1.38 bits per heavy atom. The fourth-order valence-corrected chi connectivity index (χ4v) is 2.45. The number of piperazine rings is 1. The quantitative estimate of drug-likeness (QED) is 0.782. The van der Waals surface area contributed by atoms with E-state index in [1.165, 1.54) is 6.33 Å². The second-order valence-electron chi connectivity index (χ2n) is 5.06. The van der Waals surface area contributed by atoms with Crippen molar-refractivity contribution in [2.24, 2.45) is 0 Å². The van der Waals surface area contributed by atoms with E-state index in [0.29, 0.717) is 12.2 Å². The summed E-state index contributed by atoms with van der Waals surface area (Å²) in [6.07, 6.45) is 3.06. The van der Waals surface area contributed by atoms with Crippen LogP contribution in [-0.4, -0.2) is 40.9 Å². The number of amides is 2. The van der Waals surface area contributed by atoms with Crippen molar-refractivity contribution in [2.45, 2.75) is 39.7 Å². The second-order valence-corrected chi connectivity index (χ2v) is 5.06. The monoisotopic (exact) mass is 291 g/mol. The summed E-state index contributed by atoms with van der Waals surface area (Å²) in [5.74, 6) is 0.814. The molecular weight excluding hydrogens is 270 g/mol. The zero-order chi connectivity index (χ0) is 15.4. The van der Waals surface area contributed by atoms with Crippen LogP contribution in [-0.2, 0) is 9.59 Å². The molecule has 114 valence electrons. The molecule has 0 radical (unpaired) electrons. The van der Waals surface area contributed by atoms with Crippen molar-refractivity contribution in [3.8, 4) is 0 Å². The summed E-state index contributed by atoms with van der Waals surface area (Å²) in [7, 11) is 0. The second kappa shape index (κ2) is 6.51. The number of aromatic nitrogens is 2. The minimum atomic E-state index is -0.379. The summed E-state index contributed by atoms with van der Waals surface area (Å²) in [5.41, 5.74) is 0.854. The van der Waals surface area contributed by atoms with Crippen LogP contribution in [0.5, 0.6) is 0 Å². The standard InChI is InChI=1S/C14H21N5O2/c1-4-6-15-12-9(3)13(17-8-16-12)19-7-11(20)18-14(21)10(19)5-2/h8,10H,4-7H2,1-3H3,(H,15,16,17)(H,18,20,21). The fourth-order valence-electron chi connectivity index (χ4n) is 2.45. The molecule has 1 aliphatic rings. The van der Waals surface area contributed by atoms with Crippen molar-refractivity contribution in [1.82, 2.24) is 15.3 Å². The topological polar surface area (TPSA) is 87.2 Å². The number of nitrogens with zero attached hydrogens (tertiary/aromatic N) is 3. The van der Waals surface area contributed by atoms with Crippen molar-refractivity contribution < 1.29 is 9.59 Å². The molecule has 21 heavy (non-hydrogen) atoms. The van der Waals surface area contributed by atoms with Gasteiger partial charge in [-0.05, 0) is 19.8 Å². The molecule has 0 aliphatic carbocycles. The van der Waals surface area contributed by atoms with Crippen molar-refractivity contribution in [3.05, 3.63) is 11.9 Å². The molecule has 1 fully saturated rings. The van der Waals surface area contributed by atoms with Crippen LogP contribution in [0.1, 0.15) is 32.3 Å². The molecule has 2 amide bonds. The fraction of sp³-hybridized carbons (Fsp3) is 0.571. The Bertz CT molecular complexity index is 546. The van der Waals surface area contributed by atoms with Crippen LogP contribution < -0.4 is 15.5 Å². The van der Waals surface area contributed by atoms with Crippen molar-refractivity contribution in [1.29, 1.82) is 0 Å². The third-order valence-electron chi connectivity index (χ3n) is 3.51. The molecule has 1 aliphatic heterocycles. The third-order valence-corrected chi connectivity index (χ3v) is 3.51. The molecule has 2 rings (SSSR count). The van der Waals surface area contributed by atoms with E-state index in [9.17, 15) is 9.59 Å². The lowest BCUT2D eigenvalue weighted by Crippen LogP contribution is -2.58. The molecule has 0 saturated carbocycles. The number of carbonyl (C=O) groups excluding carboxylic acids is 2. The Morgan fingerprint density at radius 2 is 2.14 bits per heavy atom. The summed E-state index contributed by atoms with van der Waals surface area (Å²) in [4.78, 5) is 33.9. The Hall–Kier alpha value is -2.18. The summed E-state index contributed by atoms with van der Waals surface area (Å²) < 4.78 is 0. The first-order valence-corrected chi connectivity index (χ1v) is 7.24. The van der Waals surface area contributed by atoms with Crippen LogP contribution in [0.15, 0.2) is 6.33 Å². The normalized spacial score (nSPS) is 18.6. The maximum Gasteiger partial charge on any atom is 0.249 e. The largest absolute Gasteiger partial charge is 0.370 e. The van der Waals surface area contributed by atoms with Crippen LogP contribution in [0.2, 0.25) is 0 Å². The molecule has 0 bridgehead atoms. The highest BCUT2D eigenvalue weighted by Crippen LogP contribution is 2.25. The van der Waals surface area contributed by atoms with Gasteiger partial charge in [0, 0.05) is 12.1 Å². The van der Waals surface area contributed by atoms with E-state index in [4.69, 9.17) is 0 Å². The average molecular weight is 291 g/mol. The summed E-state index contributed by atoms with van der Waals surface area (Å²) in [5, 5.41) is 5.60. The molecule has 2 N–H and O–H groups in total. The zero-order valence-corrected chi connectivity index (χ0v) is 12.6. The highest BCUT2D eigenvalue weighted by atomic mass is 16.2. The van der Waals surface area contributed by atoms with Gasteiger partial charge < -0.3 is 10.2 Å².